The molecule has 3 aromatic carbocycles. The van der Waals surface area contributed by atoms with Crippen molar-refractivity contribution in [2.24, 2.45) is 0 Å². The molecule has 1 unspecified atom stereocenters. The molecule has 2 aliphatic heterocycles. The zero-order chi connectivity index (χ0) is 28.6. The molecule has 0 aromatic heterocycles. The number of piperazine rings is 1. The minimum Gasteiger partial charge on any atom is -0.343 e. The van der Waals surface area contributed by atoms with Gasteiger partial charge in [0.25, 0.3) is 5.91 Å². The fraction of sp³-hybridized carbons (Fsp3) is 0.364. The molecule has 2 fully saturated rings. The van der Waals surface area contributed by atoms with Crippen LogP contribution in [0.2, 0.25) is 5.02 Å². The standard InChI is InChI=1S/C33H37ClN4O3/c34-28-16-10-15-27(23-28)33(41)38-22-21-37(30(39)17-20-36-18-8-3-9-19-36)24-29(38)32(40)35-31(25-11-4-1-5-12-25)26-13-6-2-7-14-26/h1-2,4-7,10-16,23,29,31H,3,8-9,17-22,24H2,(H,35,40). The van der Waals surface area contributed by atoms with E-state index in [1.54, 1.807) is 34.1 Å². The van der Waals surface area contributed by atoms with Crippen molar-refractivity contribution in [1.82, 2.24) is 20.0 Å². The van der Waals surface area contributed by atoms with E-state index in [-0.39, 0.29) is 30.8 Å². The summed E-state index contributed by atoms with van der Waals surface area (Å²) >= 11 is 6.19. The molecule has 0 spiro atoms. The van der Waals surface area contributed by atoms with E-state index < -0.39 is 12.1 Å². The van der Waals surface area contributed by atoms with Gasteiger partial charge in [-0.25, -0.2) is 0 Å². The summed E-state index contributed by atoms with van der Waals surface area (Å²) in [7, 11) is 0. The number of piperidine rings is 1. The molecule has 1 N–H and O–H groups in total. The molecule has 0 bridgehead atoms. The molecule has 0 saturated carbocycles. The zero-order valence-corrected chi connectivity index (χ0v) is 24.0. The Morgan fingerprint density at radius 3 is 2.10 bits per heavy atom. The van der Waals surface area contributed by atoms with Gasteiger partial charge in [-0.05, 0) is 55.3 Å². The SMILES string of the molecule is O=C(NC(c1ccccc1)c1ccccc1)C1CN(C(=O)CCN2CCCCC2)CCN1C(=O)c1cccc(Cl)c1. The first-order valence-electron chi connectivity index (χ1n) is 14.5. The molecule has 2 heterocycles. The molecule has 5 rings (SSSR count). The number of carbonyl (C=O) groups excluding carboxylic acids is 3. The number of amides is 3. The largest absolute Gasteiger partial charge is 0.343 e. The van der Waals surface area contributed by atoms with E-state index >= 15 is 0 Å². The molecule has 2 aliphatic rings. The fourth-order valence-electron chi connectivity index (χ4n) is 5.75. The van der Waals surface area contributed by atoms with Crippen LogP contribution < -0.4 is 5.32 Å². The first-order valence-corrected chi connectivity index (χ1v) is 14.8. The molecule has 214 valence electrons. The molecular formula is C33H37ClN4O3. The first kappa shape index (κ1) is 28.8. The van der Waals surface area contributed by atoms with E-state index in [1.807, 2.05) is 60.7 Å². The topological polar surface area (TPSA) is 73.0 Å². The lowest BCUT2D eigenvalue weighted by molar-refractivity contribution is -0.137. The molecule has 0 aliphatic carbocycles. The van der Waals surface area contributed by atoms with Crippen LogP contribution in [0.4, 0.5) is 0 Å². The lowest BCUT2D eigenvalue weighted by Gasteiger charge is -2.41. The summed E-state index contributed by atoms with van der Waals surface area (Å²) < 4.78 is 0. The van der Waals surface area contributed by atoms with Crippen molar-refractivity contribution in [3.63, 3.8) is 0 Å². The van der Waals surface area contributed by atoms with E-state index in [0.717, 1.165) is 30.8 Å². The summed E-state index contributed by atoms with van der Waals surface area (Å²) in [5, 5.41) is 3.66. The number of hydrogen-bond donors (Lipinski definition) is 1. The van der Waals surface area contributed by atoms with Crippen molar-refractivity contribution in [2.45, 2.75) is 37.8 Å². The van der Waals surface area contributed by atoms with Crippen LogP contribution in [0.25, 0.3) is 0 Å². The van der Waals surface area contributed by atoms with Gasteiger partial charge < -0.3 is 20.0 Å². The summed E-state index contributed by atoms with van der Waals surface area (Å²) in [5.74, 6) is -0.554. The van der Waals surface area contributed by atoms with E-state index in [1.165, 1.54) is 19.3 Å². The third kappa shape index (κ3) is 7.34. The second-order valence-electron chi connectivity index (χ2n) is 10.8. The van der Waals surface area contributed by atoms with Crippen molar-refractivity contribution in [1.29, 1.82) is 0 Å². The number of nitrogens with one attached hydrogen (secondary N) is 1. The van der Waals surface area contributed by atoms with E-state index in [2.05, 4.69) is 10.2 Å². The lowest BCUT2D eigenvalue weighted by atomic mass is 9.98. The maximum absolute atomic E-state index is 14.1. The number of halogens is 1. The van der Waals surface area contributed by atoms with Crippen LogP contribution in [-0.4, -0.2) is 77.7 Å². The fourth-order valence-corrected chi connectivity index (χ4v) is 5.94. The molecule has 1 atom stereocenters. The molecule has 8 heteroatoms. The second-order valence-corrected chi connectivity index (χ2v) is 11.2. The maximum Gasteiger partial charge on any atom is 0.254 e. The van der Waals surface area contributed by atoms with Gasteiger partial charge in [0.05, 0.1) is 12.6 Å². The average molecular weight is 573 g/mol. The Labute approximate surface area is 247 Å². The summed E-state index contributed by atoms with van der Waals surface area (Å²) in [6.45, 7) is 3.58. The molecule has 3 aromatic rings. The van der Waals surface area contributed by atoms with Crippen molar-refractivity contribution in [3.05, 3.63) is 107 Å². The highest BCUT2D eigenvalue weighted by Crippen LogP contribution is 2.24. The molecular weight excluding hydrogens is 536 g/mol. The van der Waals surface area contributed by atoms with Gasteiger partial charge in [-0.1, -0.05) is 84.8 Å². The van der Waals surface area contributed by atoms with Gasteiger partial charge in [0.15, 0.2) is 0 Å². The van der Waals surface area contributed by atoms with Crippen LogP contribution in [0.5, 0.6) is 0 Å². The van der Waals surface area contributed by atoms with Gasteiger partial charge in [0.2, 0.25) is 11.8 Å². The summed E-state index contributed by atoms with van der Waals surface area (Å²) in [5.41, 5.74) is 2.29. The predicted molar refractivity (Wildman–Crippen MR) is 161 cm³/mol. The number of benzene rings is 3. The smallest absolute Gasteiger partial charge is 0.254 e. The minimum absolute atomic E-state index is 0.0193. The average Bonchev–Trinajstić information content (AvgIpc) is 3.03. The third-order valence-electron chi connectivity index (χ3n) is 8.01. The molecule has 2 saturated heterocycles. The van der Waals surface area contributed by atoms with Gasteiger partial charge in [0, 0.05) is 36.6 Å². The zero-order valence-electron chi connectivity index (χ0n) is 23.3. The van der Waals surface area contributed by atoms with Crippen molar-refractivity contribution >= 4 is 29.3 Å². The lowest BCUT2D eigenvalue weighted by Crippen LogP contribution is -2.62. The Bertz CT molecular complexity index is 1290. The van der Waals surface area contributed by atoms with Gasteiger partial charge in [-0.3, -0.25) is 14.4 Å². The Balaban J connectivity index is 1.37. The van der Waals surface area contributed by atoms with Crippen LogP contribution in [0.1, 0.15) is 53.2 Å². The Kier molecular flexibility index (Phi) is 9.70. The summed E-state index contributed by atoms with van der Waals surface area (Å²) in [4.78, 5) is 46.7. The van der Waals surface area contributed by atoms with E-state index in [9.17, 15) is 14.4 Å². The van der Waals surface area contributed by atoms with E-state index in [4.69, 9.17) is 11.6 Å². The Morgan fingerprint density at radius 2 is 1.46 bits per heavy atom. The Hall–Kier alpha value is -3.68. The quantitative estimate of drug-likeness (QED) is 0.422. The summed E-state index contributed by atoms with van der Waals surface area (Å²) in [6.07, 6.45) is 4.00. The number of rotatable bonds is 8. The van der Waals surface area contributed by atoms with Crippen LogP contribution in [0.3, 0.4) is 0 Å². The minimum atomic E-state index is -0.843. The summed E-state index contributed by atoms with van der Waals surface area (Å²) in [6, 6.07) is 25.1. The second kappa shape index (κ2) is 13.8. The third-order valence-corrected chi connectivity index (χ3v) is 8.25. The number of likely N-dealkylation sites (tertiary alicyclic amines) is 1. The number of nitrogens with zero attached hydrogens (tertiary/aromatic N) is 3. The highest BCUT2D eigenvalue weighted by atomic mass is 35.5. The van der Waals surface area contributed by atoms with Crippen LogP contribution in [-0.2, 0) is 9.59 Å². The van der Waals surface area contributed by atoms with Gasteiger partial charge in [-0.2, -0.15) is 0 Å². The van der Waals surface area contributed by atoms with Crippen LogP contribution >= 0.6 is 11.6 Å². The molecule has 0 radical (unpaired) electrons. The highest BCUT2D eigenvalue weighted by Gasteiger charge is 2.38. The van der Waals surface area contributed by atoms with E-state index in [0.29, 0.717) is 23.6 Å². The maximum atomic E-state index is 14.1. The number of hydrogen-bond acceptors (Lipinski definition) is 4. The number of carbonyl (C=O) groups is 3. The van der Waals surface area contributed by atoms with Gasteiger partial charge in [-0.15, -0.1) is 0 Å². The predicted octanol–water partition coefficient (Wildman–Crippen LogP) is 4.77. The monoisotopic (exact) mass is 572 g/mol. The highest BCUT2D eigenvalue weighted by molar-refractivity contribution is 6.31. The van der Waals surface area contributed by atoms with Crippen LogP contribution in [0, 0.1) is 0 Å². The van der Waals surface area contributed by atoms with Crippen molar-refractivity contribution < 1.29 is 14.4 Å². The first-order chi connectivity index (χ1) is 20.0. The van der Waals surface area contributed by atoms with Gasteiger partial charge in [0.1, 0.15) is 6.04 Å². The Morgan fingerprint density at radius 1 is 0.805 bits per heavy atom. The van der Waals surface area contributed by atoms with Crippen molar-refractivity contribution in [2.75, 3.05) is 39.3 Å². The van der Waals surface area contributed by atoms with Gasteiger partial charge >= 0.3 is 0 Å². The van der Waals surface area contributed by atoms with Crippen molar-refractivity contribution in [3.8, 4) is 0 Å². The normalized spacial score (nSPS) is 17.9. The molecule has 7 nitrogen and oxygen atoms in total. The molecule has 3 amide bonds. The van der Waals surface area contributed by atoms with Crippen LogP contribution in [0.15, 0.2) is 84.9 Å². The molecule has 41 heavy (non-hydrogen) atoms.